The molecule has 0 spiro atoms. The smallest absolute Gasteiger partial charge is 0.163 e. The van der Waals surface area contributed by atoms with Crippen LogP contribution in [0.15, 0.2) is 53.8 Å². The van der Waals surface area contributed by atoms with Gasteiger partial charge in [0.15, 0.2) is 5.82 Å². The highest BCUT2D eigenvalue weighted by Gasteiger charge is 2.31. The molecule has 4 aromatic rings. The molecular formula is C23H20ClN5S. The third-order valence-electron chi connectivity index (χ3n) is 5.51. The largest absolute Gasteiger partial charge is 0.272 e. The summed E-state index contributed by atoms with van der Waals surface area (Å²) in [5.41, 5.74) is 5.53. The van der Waals surface area contributed by atoms with E-state index in [1.54, 1.807) is 17.5 Å². The van der Waals surface area contributed by atoms with E-state index in [9.17, 15) is 0 Å². The molecule has 1 aliphatic rings. The molecule has 5 nitrogen and oxygen atoms in total. The van der Waals surface area contributed by atoms with E-state index in [-0.39, 0.29) is 6.04 Å². The second-order valence-corrected chi connectivity index (χ2v) is 9.11. The summed E-state index contributed by atoms with van der Waals surface area (Å²) in [6, 6.07) is 11.8. The van der Waals surface area contributed by atoms with Gasteiger partial charge in [0.1, 0.15) is 16.9 Å². The average Bonchev–Trinajstić information content (AvgIpc) is 3.22. The minimum atomic E-state index is -0.166. The lowest BCUT2D eigenvalue weighted by atomic mass is 9.99. The maximum Gasteiger partial charge on any atom is 0.163 e. The summed E-state index contributed by atoms with van der Waals surface area (Å²) in [6.45, 7) is 6.32. The summed E-state index contributed by atoms with van der Waals surface area (Å²) < 4.78 is 2.17. The van der Waals surface area contributed by atoms with Crippen molar-refractivity contribution in [3.05, 3.63) is 92.6 Å². The highest BCUT2D eigenvalue weighted by Crippen LogP contribution is 2.39. The number of nitrogens with zero attached hydrogens (tertiary/aromatic N) is 5. The molecule has 1 unspecified atom stereocenters. The minimum Gasteiger partial charge on any atom is -0.272 e. The van der Waals surface area contributed by atoms with Crippen molar-refractivity contribution in [3.63, 3.8) is 0 Å². The lowest BCUT2D eigenvalue weighted by molar-refractivity contribution is 0.656. The van der Waals surface area contributed by atoms with E-state index < -0.39 is 0 Å². The molecular weight excluding hydrogens is 414 g/mol. The van der Waals surface area contributed by atoms with Crippen LogP contribution >= 0.6 is 22.9 Å². The zero-order chi connectivity index (χ0) is 20.8. The van der Waals surface area contributed by atoms with E-state index in [1.165, 1.54) is 10.4 Å². The number of pyridine rings is 1. The van der Waals surface area contributed by atoms with Crippen molar-refractivity contribution < 1.29 is 0 Å². The zero-order valence-corrected chi connectivity index (χ0v) is 18.5. The molecule has 7 heteroatoms. The summed E-state index contributed by atoms with van der Waals surface area (Å²) in [5.74, 6) is 1.74. The van der Waals surface area contributed by atoms with Gasteiger partial charge in [0.25, 0.3) is 0 Å². The molecule has 4 heterocycles. The van der Waals surface area contributed by atoms with Crippen LogP contribution in [0, 0.1) is 20.8 Å². The van der Waals surface area contributed by atoms with E-state index in [1.807, 2.05) is 43.5 Å². The van der Waals surface area contributed by atoms with Gasteiger partial charge in [0.05, 0.1) is 5.71 Å². The van der Waals surface area contributed by atoms with Crippen LogP contribution in [0.1, 0.15) is 44.8 Å². The van der Waals surface area contributed by atoms with Crippen LogP contribution in [0.5, 0.6) is 0 Å². The molecule has 150 valence electrons. The van der Waals surface area contributed by atoms with Gasteiger partial charge in [-0.3, -0.25) is 14.5 Å². The number of halogens is 1. The second-order valence-electron chi connectivity index (χ2n) is 7.47. The first kappa shape index (κ1) is 19.2. The Labute approximate surface area is 184 Å². The maximum absolute atomic E-state index is 6.16. The number of fused-ring (bicyclic) bond motifs is 3. The fraction of sp³-hybridized carbons (Fsp3) is 0.217. The van der Waals surface area contributed by atoms with Gasteiger partial charge in [-0.2, -0.15) is 0 Å². The molecule has 30 heavy (non-hydrogen) atoms. The molecule has 0 bridgehead atoms. The van der Waals surface area contributed by atoms with Crippen molar-refractivity contribution in [2.75, 3.05) is 0 Å². The van der Waals surface area contributed by atoms with Gasteiger partial charge in [-0.25, -0.2) is 0 Å². The summed E-state index contributed by atoms with van der Waals surface area (Å²) in [5, 5.41) is 10.8. The zero-order valence-electron chi connectivity index (χ0n) is 16.9. The van der Waals surface area contributed by atoms with Gasteiger partial charge in [-0.15, -0.1) is 21.5 Å². The van der Waals surface area contributed by atoms with Crippen LogP contribution in [0.4, 0.5) is 0 Å². The fourth-order valence-electron chi connectivity index (χ4n) is 3.87. The molecule has 0 N–H and O–H groups in total. The lowest BCUT2D eigenvalue weighted by Gasteiger charge is -2.13. The summed E-state index contributed by atoms with van der Waals surface area (Å²) >= 11 is 7.93. The van der Waals surface area contributed by atoms with Crippen molar-refractivity contribution >= 4 is 28.6 Å². The predicted molar refractivity (Wildman–Crippen MR) is 121 cm³/mol. The number of benzene rings is 1. The van der Waals surface area contributed by atoms with E-state index in [0.29, 0.717) is 11.4 Å². The summed E-state index contributed by atoms with van der Waals surface area (Å²) in [6.07, 6.45) is 4.38. The summed E-state index contributed by atoms with van der Waals surface area (Å²) in [4.78, 5) is 10.8. The van der Waals surface area contributed by atoms with Crippen LogP contribution < -0.4 is 0 Å². The quantitative estimate of drug-likeness (QED) is 0.432. The van der Waals surface area contributed by atoms with E-state index in [4.69, 9.17) is 16.6 Å². The van der Waals surface area contributed by atoms with Crippen LogP contribution in [-0.2, 0) is 6.42 Å². The monoisotopic (exact) mass is 433 g/mol. The van der Waals surface area contributed by atoms with Gasteiger partial charge in [-0.05, 0) is 50.1 Å². The molecule has 0 saturated carbocycles. The van der Waals surface area contributed by atoms with E-state index in [2.05, 4.69) is 39.7 Å². The van der Waals surface area contributed by atoms with Gasteiger partial charge >= 0.3 is 0 Å². The Balaban J connectivity index is 1.76. The number of hydrogen-bond acceptors (Lipinski definition) is 5. The molecule has 0 radical (unpaired) electrons. The fourth-order valence-corrected chi connectivity index (χ4v) is 5.21. The number of aryl methyl sites for hydroxylation is 2. The Morgan fingerprint density at radius 3 is 2.60 bits per heavy atom. The Bertz CT molecular complexity index is 1250. The molecule has 3 aromatic heterocycles. The van der Waals surface area contributed by atoms with Crippen molar-refractivity contribution in [1.82, 2.24) is 19.7 Å². The molecule has 0 saturated heterocycles. The van der Waals surface area contributed by atoms with Crippen molar-refractivity contribution in [3.8, 4) is 5.00 Å². The number of aliphatic imine (C=N–C) groups is 1. The average molecular weight is 434 g/mol. The molecule has 0 amide bonds. The first-order chi connectivity index (χ1) is 14.5. The third-order valence-corrected chi connectivity index (χ3v) is 6.95. The minimum absolute atomic E-state index is 0.166. The topological polar surface area (TPSA) is 56.0 Å². The van der Waals surface area contributed by atoms with Crippen molar-refractivity contribution in [2.24, 2.45) is 4.99 Å². The van der Waals surface area contributed by atoms with Crippen LogP contribution in [0.3, 0.4) is 0 Å². The van der Waals surface area contributed by atoms with Gasteiger partial charge in [0.2, 0.25) is 0 Å². The highest BCUT2D eigenvalue weighted by molar-refractivity contribution is 7.15. The lowest BCUT2D eigenvalue weighted by Crippen LogP contribution is -2.09. The number of thiophene rings is 1. The van der Waals surface area contributed by atoms with Crippen LogP contribution in [0.25, 0.3) is 5.00 Å². The third kappa shape index (κ3) is 3.16. The van der Waals surface area contributed by atoms with E-state index >= 15 is 0 Å². The van der Waals surface area contributed by atoms with Gasteiger partial charge < -0.3 is 0 Å². The van der Waals surface area contributed by atoms with Crippen LogP contribution in [0.2, 0.25) is 5.02 Å². The maximum atomic E-state index is 6.16. The van der Waals surface area contributed by atoms with Crippen molar-refractivity contribution in [1.29, 1.82) is 0 Å². The molecule has 0 fully saturated rings. The Morgan fingerprint density at radius 2 is 1.87 bits per heavy atom. The van der Waals surface area contributed by atoms with E-state index in [0.717, 1.165) is 39.1 Å². The standard InChI is InChI=1S/C23H20ClN5S/c1-13-14(2)30-23-20(13)21(17-6-8-18(24)9-7-17)26-19(11-16-5-4-10-25-12-16)22-28-27-15(3)29(22)23/h4-10,12,19H,11H2,1-3H3. The number of rotatable bonds is 3. The molecule has 0 aliphatic carbocycles. The Kier molecular flexibility index (Phi) is 4.76. The van der Waals surface area contributed by atoms with Gasteiger partial charge in [-0.1, -0.05) is 29.8 Å². The van der Waals surface area contributed by atoms with Gasteiger partial charge in [0, 0.05) is 39.8 Å². The first-order valence-electron chi connectivity index (χ1n) is 9.78. The Morgan fingerprint density at radius 1 is 1.07 bits per heavy atom. The van der Waals surface area contributed by atoms with Crippen molar-refractivity contribution in [2.45, 2.75) is 33.2 Å². The molecule has 1 atom stereocenters. The Hall–Kier alpha value is -2.83. The normalized spacial score (nSPS) is 15.3. The molecule has 1 aromatic carbocycles. The molecule has 5 rings (SSSR count). The SMILES string of the molecule is Cc1sc2c(c1C)C(c1ccc(Cl)cc1)=NC(Cc1cccnc1)c1nnc(C)n1-2. The first-order valence-corrected chi connectivity index (χ1v) is 11.0. The highest BCUT2D eigenvalue weighted by atomic mass is 35.5. The number of hydrogen-bond donors (Lipinski definition) is 0. The molecule has 1 aliphatic heterocycles. The number of aromatic nitrogens is 4. The van der Waals surface area contributed by atoms with Crippen LogP contribution in [-0.4, -0.2) is 25.5 Å². The second kappa shape index (κ2) is 7.45. The predicted octanol–water partition coefficient (Wildman–Crippen LogP) is 5.44. The summed E-state index contributed by atoms with van der Waals surface area (Å²) in [7, 11) is 0.